The molecular weight excluding hydrogens is 376 g/mol. The predicted molar refractivity (Wildman–Crippen MR) is 107 cm³/mol. The second-order valence-corrected chi connectivity index (χ2v) is 6.80. The Morgan fingerprint density at radius 3 is 1.66 bits per heavy atom. The van der Waals surface area contributed by atoms with E-state index in [0.717, 1.165) is 0 Å². The minimum absolute atomic E-state index is 0.0358. The first-order valence-electron chi connectivity index (χ1n) is 9.24. The molecule has 5 N–H and O–H groups in total. The van der Waals surface area contributed by atoms with Gasteiger partial charge in [-0.1, -0.05) is 0 Å². The van der Waals surface area contributed by atoms with Crippen molar-refractivity contribution in [2.24, 2.45) is 0 Å². The third-order valence-electron chi connectivity index (χ3n) is 4.07. The van der Waals surface area contributed by atoms with Crippen molar-refractivity contribution in [3.8, 4) is 11.5 Å². The van der Waals surface area contributed by atoms with Crippen LogP contribution in [0.5, 0.6) is 11.5 Å². The quantitative estimate of drug-likeness (QED) is 0.431. The summed E-state index contributed by atoms with van der Waals surface area (Å²) in [6, 6.07) is 11.5. The third-order valence-corrected chi connectivity index (χ3v) is 4.07. The van der Waals surface area contributed by atoms with Gasteiger partial charge in [0.15, 0.2) is 0 Å². The Morgan fingerprint density at radius 1 is 0.828 bits per heavy atom. The van der Waals surface area contributed by atoms with Crippen molar-refractivity contribution in [3.63, 3.8) is 0 Å². The van der Waals surface area contributed by atoms with Crippen LogP contribution in [0, 0.1) is 0 Å². The number of phenolic OH excluding ortho intramolecular Hbond substituents is 2. The maximum Gasteiger partial charge on any atom is 0.251 e. The summed E-state index contributed by atoms with van der Waals surface area (Å²) in [5.41, 5.74) is 0.707. The lowest BCUT2D eigenvalue weighted by Crippen LogP contribution is -2.47. The van der Waals surface area contributed by atoms with E-state index in [1.54, 1.807) is 13.8 Å². The highest BCUT2D eigenvalue weighted by Gasteiger charge is 2.23. The number of aromatic hydroxyl groups is 2. The molecular formula is C21H26N2O6. The molecule has 29 heavy (non-hydrogen) atoms. The molecule has 2 aromatic rings. The summed E-state index contributed by atoms with van der Waals surface area (Å²) in [5, 5.41) is 34.3. The number of phenols is 2. The minimum atomic E-state index is -1.06. The Morgan fingerprint density at radius 2 is 1.24 bits per heavy atom. The zero-order valence-corrected chi connectivity index (χ0v) is 16.3. The van der Waals surface area contributed by atoms with Crippen molar-refractivity contribution >= 4 is 11.8 Å². The van der Waals surface area contributed by atoms with E-state index in [1.165, 1.54) is 48.5 Å². The van der Waals surface area contributed by atoms with E-state index >= 15 is 0 Å². The number of hydrogen-bond acceptors (Lipinski definition) is 6. The summed E-state index contributed by atoms with van der Waals surface area (Å²) in [5.74, 6) is -0.665. The molecule has 0 radical (unpaired) electrons. The maximum atomic E-state index is 12.2. The van der Waals surface area contributed by atoms with Gasteiger partial charge in [0.05, 0.1) is 12.2 Å². The first-order valence-corrected chi connectivity index (χ1v) is 9.24. The van der Waals surface area contributed by atoms with Crippen molar-refractivity contribution in [1.82, 2.24) is 10.6 Å². The summed E-state index contributed by atoms with van der Waals surface area (Å²) in [7, 11) is 0. The summed E-state index contributed by atoms with van der Waals surface area (Å²) < 4.78 is 5.68. The van der Waals surface area contributed by atoms with Crippen molar-refractivity contribution < 1.29 is 29.6 Å². The molecule has 2 aromatic carbocycles. The average Bonchev–Trinajstić information content (AvgIpc) is 2.69. The molecule has 0 aliphatic heterocycles. The Labute approximate surface area is 169 Å². The summed E-state index contributed by atoms with van der Waals surface area (Å²) in [4.78, 5) is 24.4. The predicted octanol–water partition coefficient (Wildman–Crippen LogP) is 1.41. The van der Waals surface area contributed by atoms with Gasteiger partial charge >= 0.3 is 0 Å². The minimum Gasteiger partial charge on any atom is -0.508 e. The van der Waals surface area contributed by atoms with E-state index in [9.17, 15) is 24.9 Å². The molecule has 0 aliphatic rings. The second-order valence-electron chi connectivity index (χ2n) is 6.80. The van der Waals surface area contributed by atoms with Gasteiger partial charge in [0.1, 0.15) is 17.6 Å². The normalized spacial score (nSPS) is 13.0. The number of carbonyl (C=O) groups is 2. The number of ether oxygens (including phenoxy) is 1. The van der Waals surface area contributed by atoms with Crippen LogP contribution in [0.15, 0.2) is 48.5 Å². The van der Waals surface area contributed by atoms with E-state index in [1.807, 2.05) is 0 Å². The highest BCUT2D eigenvalue weighted by molar-refractivity contribution is 5.94. The van der Waals surface area contributed by atoms with E-state index in [4.69, 9.17) is 4.74 Å². The monoisotopic (exact) mass is 402 g/mol. The fourth-order valence-corrected chi connectivity index (χ4v) is 2.58. The Bertz CT molecular complexity index is 805. The third kappa shape index (κ3) is 7.10. The van der Waals surface area contributed by atoms with E-state index < -0.39 is 18.1 Å². The standard InChI is InChI=1S/C21H26N2O6/c1-13(2)29-19(12-23-21(28)15-5-9-17(25)10-6-15)18(26)11-22-20(27)14-3-7-16(24)8-4-14/h3-10,13,18-19,24-26H,11-12H2,1-2H3,(H,22,27)(H,23,28)/t18-,19+/m0/s1. The molecule has 0 aromatic heterocycles. The summed E-state index contributed by atoms with van der Waals surface area (Å²) in [6.07, 6.45) is -2.00. The highest BCUT2D eigenvalue weighted by Crippen LogP contribution is 2.11. The van der Waals surface area contributed by atoms with Gasteiger partial charge in [-0.25, -0.2) is 0 Å². The average molecular weight is 402 g/mol. The molecule has 2 atom stereocenters. The van der Waals surface area contributed by atoms with Gasteiger partial charge in [-0.15, -0.1) is 0 Å². The van der Waals surface area contributed by atoms with Crippen LogP contribution in [-0.4, -0.2) is 58.5 Å². The number of aliphatic hydroxyl groups is 1. The van der Waals surface area contributed by atoms with Gasteiger partial charge in [-0.05, 0) is 62.4 Å². The molecule has 0 bridgehead atoms. The molecule has 0 aliphatic carbocycles. The van der Waals surface area contributed by atoms with E-state index in [-0.39, 0.29) is 36.6 Å². The van der Waals surface area contributed by atoms with Crippen molar-refractivity contribution in [1.29, 1.82) is 0 Å². The lowest BCUT2D eigenvalue weighted by Gasteiger charge is -2.26. The molecule has 156 valence electrons. The van der Waals surface area contributed by atoms with Gasteiger partial charge in [0.2, 0.25) is 0 Å². The van der Waals surface area contributed by atoms with E-state index in [2.05, 4.69) is 10.6 Å². The number of hydrogen-bond donors (Lipinski definition) is 5. The molecule has 2 rings (SSSR count). The van der Waals surface area contributed by atoms with Crippen LogP contribution in [0.3, 0.4) is 0 Å². The van der Waals surface area contributed by atoms with Gasteiger partial charge in [-0.3, -0.25) is 9.59 Å². The Balaban J connectivity index is 1.91. The van der Waals surface area contributed by atoms with Gasteiger partial charge in [0, 0.05) is 24.2 Å². The zero-order chi connectivity index (χ0) is 21.4. The molecule has 0 saturated carbocycles. The molecule has 0 saturated heterocycles. The van der Waals surface area contributed by atoms with Crippen LogP contribution < -0.4 is 10.6 Å². The fourth-order valence-electron chi connectivity index (χ4n) is 2.58. The van der Waals surface area contributed by atoms with Gasteiger partial charge in [-0.2, -0.15) is 0 Å². The lowest BCUT2D eigenvalue weighted by atomic mass is 10.1. The maximum absolute atomic E-state index is 12.2. The molecule has 0 fully saturated rings. The largest absolute Gasteiger partial charge is 0.508 e. The first kappa shape index (κ1) is 22.2. The number of benzene rings is 2. The number of carbonyl (C=O) groups excluding carboxylic acids is 2. The number of nitrogens with one attached hydrogen (secondary N) is 2. The smallest absolute Gasteiger partial charge is 0.251 e. The summed E-state index contributed by atoms with van der Waals surface area (Å²) in [6.45, 7) is 3.56. The molecule has 2 amide bonds. The first-order chi connectivity index (χ1) is 13.8. The molecule has 0 heterocycles. The zero-order valence-electron chi connectivity index (χ0n) is 16.3. The molecule has 8 heteroatoms. The lowest BCUT2D eigenvalue weighted by molar-refractivity contribution is -0.0606. The van der Waals surface area contributed by atoms with Crippen LogP contribution in [-0.2, 0) is 4.74 Å². The van der Waals surface area contributed by atoms with Crippen LogP contribution in [0.1, 0.15) is 34.6 Å². The fraction of sp³-hybridized carbons (Fsp3) is 0.333. The number of rotatable bonds is 9. The van der Waals surface area contributed by atoms with Crippen LogP contribution in [0.4, 0.5) is 0 Å². The highest BCUT2D eigenvalue weighted by atomic mass is 16.5. The van der Waals surface area contributed by atoms with Gasteiger partial charge in [0.25, 0.3) is 11.8 Å². The Hall–Kier alpha value is -3.10. The van der Waals surface area contributed by atoms with Crippen LogP contribution in [0.2, 0.25) is 0 Å². The molecule has 0 spiro atoms. The Kier molecular flexibility index (Phi) is 7.99. The molecule has 8 nitrogen and oxygen atoms in total. The SMILES string of the molecule is CC(C)O[C@H](CNC(=O)c1ccc(O)cc1)[C@@H](O)CNC(=O)c1ccc(O)cc1. The van der Waals surface area contributed by atoms with Crippen LogP contribution >= 0.6 is 0 Å². The van der Waals surface area contributed by atoms with Gasteiger partial charge < -0.3 is 30.7 Å². The van der Waals surface area contributed by atoms with E-state index in [0.29, 0.717) is 11.1 Å². The van der Waals surface area contributed by atoms with Crippen molar-refractivity contribution in [2.75, 3.05) is 13.1 Å². The van der Waals surface area contributed by atoms with Crippen LogP contribution in [0.25, 0.3) is 0 Å². The number of aliphatic hydroxyl groups excluding tert-OH is 1. The van der Waals surface area contributed by atoms with Crippen molar-refractivity contribution in [3.05, 3.63) is 59.7 Å². The topological polar surface area (TPSA) is 128 Å². The second kappa shape index (κ2) is 10.4. The van der Waals surface area contributed by atoms with Crippen molar-refractivity contribution in [2.45, 2.75) is 32.2 Å². The number of amides is 2. The summed E-state index contributed by atoms with van der Waals surface area (Å²) >= 11 is 0. The molecule has 0 unspecified atom stereocenters.